The third-order valence-electron chi connectivity index (χ3n) is 8.93. The lowest BCUT2D eigenvalue weighted by atomic mass is 9.55. The van der Waals surface area contributed by atoms with Gasteiger partial charge in [-0.1, -0.05) is 13.0 Å². The number of hydrogen-bond acceptors (Lipinski definition) is 12. The average molecular weight is 543 g/mol. The van der Waals surface area contributed by atoms with Gasteiger partial charge in [0.2, 0.25) is 10.4 Å². The second kappa shape index (κ2) is 9.42. The topological polar surface area (TPSA) is 206 Å². The zero-order valence-corrected chi connectivity index (χ0v) is 20.8. The van der Waals surface area contributed by atoms with Crippen LogP contribution in [0.4, 0.5) is 0 Å². The molecule has 1 aliphatic heterocycles. The largest absolute Gasteiger partial charge is 0.726 e. The van der Waals surface area contributed by atoms with Gasteiger partial charge in [0.25, 0.3) is 0 Å². The molecule has 1 aromatic carbocycles. The highest BCUT2D eigenvalue weighted by Crippen LogP contribution is 2.62. The molecular formula is C24H30O12S-2. The first-order chi connectivity index (χ1) is 17.3. The van der Waals surface area contributed by atoms with Crippen molar-refractivity contribution in [1.82, 2.24) is 0 Å². The number of carbonyl (C=O) groups excluding carboxylic acids is 1. The number of rotatable bonds is 5. The first-order valence-corrected chi connectivity index (χ1v) is 13.7. The number of phenols is 1. The van der Waals surface area contributed by atoms with Gasteiger partial charge in [0.1, 0.15) is 30.2 Å². The lowest BCUT2D eigenvalue weighted by molar-refractivity contribution is -0.356. The molecule has 0 amide bonds. The van der Waals surface area contributed by atoms with Crippen LogP contribution >= 0.6 is 0 Å². The highest BCUT2D eigenvalue weighted by atomic mass is 32.3. The number of phenolic OH excluding ortho intramolecular Hbond substituents is 1. The third-order valence-corrected chi connectivity index (χ3v) is 9.39. The van der Waals surface area contributed by atoms with E-state index in [0.717, 1.165) is 24.8 Å². The molecule has 1 aromatic rings. The number of carboxylic acid groups (broad SMARTS) is 1. The molecule has 0 spiro atoms. The quantitative estimate of drug-likeness (QED) is 0.252. The number of aliphatic hydroxyl groups excluding tert-OH is 3. The Kier molecular flexibility index (Phi) is 6.81. The predicted octanol–water partition coefficient (Wildman–Crippen LogP) is -1.35. The number of benzene rings is 1. The number of aliphatic carboxylic acids is 1. The Morgan fingerprint density at radius 3 is 2.59 bits per heavy atom. The van der Waals surface area contributed by atoms with E-state index in [1.807, 2.05) is 13.0 Å². The Morgan fingerprint density at radius 2 is 1.92 bits per heavy atom. The number of ether oxygens (including phenoxy) is 2. The van der Waals surface area contributed by atoms with Crippen molar-refractivity contribution in [2.75, 3.05) is 0 Å². The van der Waals surface area contributed by atoms with Crippen LogP contribution in [0.25, 0.3) is 0 Å². The van der Waals surface area contributed by atoms with Crippen LogP contribution in [0.3, 0.4) is 0 Å². The molecule has 0 aromatic heterocycles. The van der Waals surface area contributed by atoms with E-state index in [1.165, 1.54) is 5.56 Å². The smallest absolute Gasteiger partial charge is 0.218 e. The normalized spacial score (nSPS) is 43.5. The van der Waals surface area contributed by atoms with Crippen LogP contribution in [-0.4, -0.2) is 82.3 Å². The summed E-state index contributed by atoms with van der Waals surface area (Å²) in [6, 6.07) is 5.42. The molecule has 13 heteroatoms. The van der Waals surface area contributed by atoms with E-state index < -0.39 is 64.7 Å². The summed E-state index contributed by atoms with van der Waals surface area (Å²) in [5.74, 6) is -1.22. The van der Waals surface area contributed by atoms with Crippen LogP contribution < -0.4 is 5.11 Å². The van der Waals surface area contributed by atoms with Crippen molar-refractivity contribution in [2.24, 2.45) is 17.3 Å². The lowest BCUT2D eigenvalue weighted by Gasteiger charge is -2.51. The van der Waals surface area contributed by atoms with E-state index in [4.69, 9.17) is 9.47 Å². The summed E-state index contributed by atoms with van der Waals surface area (Å²) in [6.07, 6.45) is -8.91. The number of carboxylic acids is 1. The summed E-state index contributed by atoms with van der Waals surface area (Å²) in [5.41, 5.74) is 1.71. The van der Waals surface area contributed by atoms with Crippen molar-refractivity contribution in [3.05, 3.63) is 29.3 Å². The Hall–Kier alpha value is -1.84. The van der Waals surface area contributed by atoms with Gasteiger partial charge in [-0.25, -0.2) is 8.42 Å². The number of aliphatic hydroxyl groups is 3. The van der Waals surface area contributed by atoms with Gasteiger partial charge in [0.15, 0.2) is 6.29 Å². The number of aryl methyl sites for hydroxylation is 1. The number of fused-ring (bicyclic) bond motifs is 5. The maximum absolute atomic E-state index is 11.5. The van der Waals surface area contributed by atoms with E-state index in [0.29, 0.717) is 12.8 Å². The van der Waals surface area contributed by atoms with Gasteiger partial charge in [0.05, 0.1) is 18.2 Å². The molecule has 0 unspecified atom stereocenters. The highest BCUT2D eigenvalue weighted by Gasteiger charge is 2.60. The molecule has 0 bridgehead atoms. The fraction of sp³-hybridized carbons (Fsp3) is 0.708. The Morgan fingerprint density at radius 1 is 1.19 bits per heavy atom. The molecule has 3 fully saturated rings. The summed E-state index contributed by atoms with van der Waals surface area (Å²) in [5, 5.41) is 53.3. The maximum Gasteiger partial charge on any atom is 0.218 e. The monoisotopic (exact) mass is 542 g/mol. The number of hydrogen-bond donors (Lipinski definition) is 4. The number of carbonyl (C=O) groups is 1. The van der Waals surface area contributed by atoms with Crippen LogP contribution in [0.15, 0.2) is 18.2 Å². The van der Waals surface area contributed by atoms with Gasteiger partial charge in [-0.2, -0.15) is 0 Å². The standard InChI is InChI=1S/C24H32O12S/c1-24-7-6-13-12-5-3-11(25)8-10(12)2-4-14(13)15(24)9-16(26)21(24)35-23-18(28)19(36-37(31,32)33)17(27)20(34-23)22(29)30/h3,5,8,13-21,23,25-28H,2,4,6-7,9H2,1H3,(H,29,30)(H,31,32,33)/p-2/t13-,14-,15+,16-,17+,18-,19+,20+,21+,23+,24+/m1/s1. The molecule has 3 aliphatic carbocycles. The van der Waals surface area contributed by atoms with Crippen LogP contribution in [0, 0.1) is 17.3 Å². The summed E-state index contributed by atoms with van der Waals surface area (Å²) in [7, 11) is -5.43. The first kappa shape index (κ1) is 26.8. The van der Waals surface area contributed by atoms with Crippen molar-refractivity contribution >= 4 is 16.4 Å². The fourth-order valence-electron chi connectivity index (χ4n) is 7.32. The maximum atomic E-state index is 11.5. The Bertz CT molecular complexity index is 1160. The van der Waals surface area contributed by atoms with Gasteiger partial charge in [-0.3, -0.25) is 4.18 Å². The molecular weight excluding hydrogens is 512 g/mol. The van der Waals surface area contributed by atoms with E-state index in [2.05, 4.69) is 4.18 Å². The molecule has 37 heavy (non-hydrogen) atoms. The molecule has 12 nitrogen and oxygen atoms in total. The van der Waals surface area contributed by atoms with Crippen molar-refractivity contribution in [2.45, 2.75) is 87.9 Å². The van der Waals surface area contributed by atoms with Crippen molar-refractivity contribution in [3.8, 4) is 5.75 Å². The summed E-state index contributed by atoms with van der Waals surface area (Å²) < 4.78 is 48.9. The molecule has 206 valence electrons. The van der Waals surface area contributed by atoms with Gasteiger partial charge < -0.3 is 44.4 Å². The molecule has 1 heterocycles. The summed E-state index contributed by atoms with van der Waals surface area (Å²) in [4.78, 5) is 11.5. The van der Waals surface area contributed by atoms with Gasteiger partial charge in [-0.05, 0) is 78.5 Å². The minimum absolute atomic E-state index is 0.0190. The minimum atomic E-state index is -5.43. The molecule has 4 aliphatic rings. The van der Waals surface area contributed by atoms with E-state index in [-0.39, 0.29) is 23.5 Å². The van der Waals surface area contributed by atoms with Crippen molar-refractivity contribution in [3.63, 3.8) is 0 Å². The zero-order chi connectivity index (χ0) is 26.9. The lowest BCUT2D eigenvalue weighted by Crippen LogP contribution is -2.64. The fourth-order valence-corrected chi connectivity index (χ4v) is 7.82. The number of aromatic hydroxyl groups is 1. The Balaban J connectivity index is 1.39. The van der Waals surface area contributed by atoms with E-state index in [9.17, 15) is 43.3 Å². The predicted molar refractivity (Wildman–Crippen MR) is 119 cm³/mol. The zero-order valence-electron chi connectivity index (χ0n) is 20.0. The molecule has 2 saturated carbocycles. The average Bonchev–Trinajstić information content (AvgIpc) is 3.07. The van der Waals surface area contributed by atoms with E-state index >= 15 is 0 Å². The van der Waals surface area contributed by atoms with Gasteiger partial charge in [0, 0.05) is 0 Å². The van der Waals surface area contributed by atoms with Crippen LogP contribution in [-0.2, 0) is 35.3 Å². The van der Waals surface area contributed by atoms with E-state index in [1.54, 1.807) is 12.1 Å². The molecule has 0 radical (unpaired) electrons. The van der Waals surface area contributed by atoms with Crippen molar-refractivity contribution in [1.29, 1.82) is 0 Å². The van der Waals surface area contributed by atoms with Crippen LogP contribution in [0.5, 0.6) is 5.75 Å². The third kappa shape index (κ3) is 4.65. The molecule has 1 saturated heterocycles. The second-order valence-corrected chi connectivity index (χ2v) is 11.9. The van der Waals surface area contributed by atoms with Crippen molar-refractivity contribution < 1.29 is 57.0 Å². The SMILES string of the molecule is C[C@]12CC[C@@H]3c4ccc(O)cc4CC[C@H]3[C@@H]1C[C@@H](O)[C@@H]2O[C@@H]1O[C@H](C(=O)[O-])[C@@H](O)[C@H](OS(=O)(=O)[O-])[C@H]1O. The first-order valence-electron chi connectivity index (χ1n) is 12.3. The summed E-state index contributed by atoms with van der Waals surface area (Å²) >= 11 is 0. The van der Waals surface area contributed by atoms with Gasteiger partial charge in [-0.15, -0.1) is 0 Å². The summed E-state index contributed by atoms with van der Waals surface area (Å²) in [6.45, 7) is 1.96. The minimum Gasteiger partial charge on any atom is -0.726 e. The molecule has 4 N–H and O–H groups in total. The molecule has 11 atom stereocenters. The highest BCUT2D eigenvalue weighted by molar-refractivity contribution is 7.80. The Labute approximate surface area is 213 Å². The van der Waals surface area contributed by atoms with Gasteiger partial charge >= 0.3 is 0 Å². The van der Waals surface area contributed by atoms with Crippen LogP contribution in [0.2, 0.25) is 0 Å². The van der Waals surface area contributed by atoms with Crippen LogP contribution in [0.1, 0.15) is 49.7 Å². The second-order valence-electron chi connectivity index (χ2n) is 10.9. The molecule has 5 rings (SSSR count).